The zero-order chi connectivity index (χ0) is 15.4. The van der Waals surface area contributed by atoms with Crippen LogP contribution < -0.4 is 5.32 Å². The predicted molar refractivity (Wildman–Crippen MR) is 74.9 cm³/mol. The van der Waals surface area contributed by atoms with Gasteiger partial charge in [0, 0.05) is 11.2 Å². The molecule has 1 aromatic carbocycles. The average molecular weight is 309 g/mol. The van der Waals surface area contributed by atoms with Crippen molar-refractivity contribution >= 4 is 29.2 Å². The lowest BCUT2D eigenvalue weighted by molar-refractivity contribution is 0.0602. The van der Waals surface area contributed by atoms with E-state index < -0.39 is 17.8 Å². The third-order valence-electron chi connectivity index (χ3n) is 2.62. The van der Waals surface area contributed by atoms with Crippen LogP contribution in [0.4, 0.5) is 10.1 Å². The maximum atomic E-state index is 12.7. The van der Waals surface area contributed by atoms with E-state index >= 15 is 0 Å². The Kier molecular flexibility index (Phi) is 4.49. The van der Waals surface area contributed by atoms with Gasteiger partial charge in [0.2, 0.25) is 5.95 Å². The number of pyridine rings is 1. The van der Waals surface area contributed by atoms with Crippen LogP contribution in [0, 0.1) is 5.95 Å². The van der Waals surface area contributed by atoms with Crippen molar-refractivity contribution < 1.29 is 18.7 Å². The van der Waals surface area contributed by atoms with E-state index in [9.17, 15) is 14.0 Å². The van der Waals surface area contributed by atoms with Gasteiger partial charge in [-0.15, -0.1) is 0 Å². The molecule has 1 heterocycles. The fraction of sp³-hybridized carbons (Fsp3) is 0.0714. The molecule has 0 atom stereocenters. The van der Waals surface area contributed by atoms with Crippen LogP contribution >= 0.6 is 11.6 Å². The number of nitrogens with one attached hydrogen (secondary N) is 1. The zero-order valence-corrected chi connectivity index (χ0v) is 11.6. The molecule has 0 aliphatic carbocycles. The number of amides is 1. The topological polar surface area (TPSA) is 68.3 Å². The number of hydrogen-bond donors (Lipinski definition) is 1. The van der Waals surface area contributed by atoms with Gasteiger partial charge in [-0.2, -0.15) is 4.39 Å². The number of aromatic nitrogens is 1. The molecule has 7 heteroatoms. The minimum absolute atomic E-state index is 0.119. The van der Waals surface area contributed by atoms with Crippen molar-refractivity contribution in [1.82, 2.24) is 4.98 Å². The van der Waals surface area contributed by atoms with Crippen LogP contribution in [0.25, 0.3) is 0 Å². The molecule has 2 rings (SSSR count). The molecule has 2 aromatic rings. The second kappa shape index (κ2) is 6.32. The molecule has 5 nitrogen and oxygen atoms in total. The molecule has 0 fully saturated rings. The normalized spacial score (nSPS) is 10.0. The number of anilines is 1. The van der Waals surface area contributed by atoms with Crippen molar-refractivity contribution in [2.45, 2.75) is 0 Å². The Hall–Kier alpha value is -2.47. The van der Waals surface area contributed by atoms with E-state index in [-0.39, 0.29) is 16.8 Å². The van der Waals surface area contributed by atoms with Crippen molar-refractivity contribution in [2.24, 2.45) is 0 Å². The third-order valence-corrected chi connectivity index (χ3v) is 2.86. The maximum Gasteiger partial charge on any atom is 0.340 e. The van der Waals surface area contributed by atoms with Crippen LogP contribution in [0.15, 0.2) is 36.5 Å². The highest BCUT2D eigenvalue weighted by Crippen LogP contribution is 2.22. The predicted octanol–water partition coefficient (Wildman–Crippen LogP) is 2.91. The first kappa shape index (κ1) is 14.9. The van der Waals surface area contributed by atoms with Crippen LogP contribution in [0.5, 0.6) is 0 Å². The van der Waals surface area contributed by atoms with Gasteiger partial charge in [0.1, 0.15) is 0 Å². The second-order valence-corrected chi connectivity index (χ2v) is 4.44. The summed E-state index contributed by atoms with van der Waals surface area (Å²) < 4.78 is 17.3. The largest absolute Gasteiger partial charge is 0.465 e. The number of halogens is 2. The molecule has 1 amide bonds. The first-order valence-corrected chi connectivity index (χ1v) is 6.20. The summed E-state index contributed by atoms with van der Waals surface area (Å²) in [6.45, 7) is 0. The summed E-state index contributed by atoms with van der Waals surface area (Å²) in [4.78, 5) is 27.1. The van der Waals surface area contributed by atoms with E-state index in [1.165, 1.54) is 31.4 Å². The molecule has 1 N–H and O–H groups in total. The lowest BCUT2D eigenvalue weighted by Gasteiger charge is -2.10. The summed E-state index contributed by atoms with van der Waals surface area (Å²) in [5.41, 5.74) is 0.510. The van der Waals surface area contributed by atoms with Gasteiger partial charge in [0.05, 0.1) is 23.9 Å². The number of carbonyl (C=O) groups is 2. The van der Waals surface area contributed by atoms with Gasteiger partial charge < -0.3 is 10.1 Å². The molecule has 0 saturated heterocycles. The Morgan fingerprint density at radius 1 is 1.29 bits per heavy atom. The highest BCUT2D eigenvalue weighted by molar-refractivity contribution is 6.31. The molecular formula is C14H10ClFN2O3. The number of carbonyl (C=O) groups excluding carboxylic acids is 2. The Bertz CT molecular complexity index is 689. The van der Waals surface area contributed by atoms with Gasteiger partial charge in [0.15, 0.2) is 0 Å². The minimum atomic E-state index is -0.687. The quantitative estimate of drug-likeness (QED) is 0.699. The molecular weight excluding hydrogens is 299 g/mol. The highest BCUT2D eigenvalue weighted by Gasteiger charge is 2.15. The van der Waals surface area contributed by atoms with Gasteiger partial charge in [-0.05, 0) is 30.3 Å². The van der Waals surface area contributed by atoms with E-state index in [0.717, 1.165) is 12.3 Å². The fourth-order valence-electron chi connectivity index (χ4n) is 1.61. The number of rotatable bonds is 3. The molecule has 0 spiro atoms. The Morgan fingerprint density at radius 2 is 2.05 bits per heavy atom. The smallest absolute Gasteiger partial charge is 0.340 e. The maximum absolute atomic E-state index is 12.7. The van der Waals surface area contributed by atoms with Crippen molar-refractivity contribution in [1.29, 1.82) is 0 Å². The Labute approximate surface area is 124 Å². The van der Waals surface area contributed by atoms with Crippen LogP contribution in [-0.2, 0) is 4.74 Å². The molecule has 0 saturated carbocycles. The lowest BCUT2D eigenvalue weighted by Crippen LogP contribution is -2.15. The van der Waals surface area contributed by atoms with E-state index in [2.05, 4.69) is 15.0 Å². The van der Waals surface area contributed by atoms with Gasteiger partial charge in [0.25, 0.3) is 5.91 Å². The summed E-state index contributed by atoms with van der Waals surface area (Å²) in [5.74, 6) is -1.85. The number of ether oxygens (including phenoxy) is 1. The summed E-state index contributed by atoms with van der Waals surface area (Å²) in [6, 6.07) is 6.73. The summed E-state index contributed by atoms with van der Waals surface area (Å²) in [7, 11) is 1.22. The first-order valence-electron chi connectivity index (χ1n) is 5.82. The minimum Gasteiger partial charge on any atom is -0.465 e. The van der Waals surface area contributed by atoms with Crippen molar-refractivity contribution in [3.63, 3.8) is 0 Å². The number of esters is 1. The van der Waals surface area contributed by atoms with Crippen LogP contribution in [-0.4, -0.2) is 24.0 Å². The summed E-state index contributed by atoms with van der Waals surface area (Å²) >= 11 is 5.82. The molecule has 0 aliphatic heterocycles. The molecule has 108 valence electrons. The third kappa shape index (κ3) is 3.55. The Balaban J connectivity index is 2.28. The van der Waals surface area contributed by atoms with Crippen molar-refractivity contribution in [3.8, 4) is 0 Å². The van der Waals surface area contributed by atoms with Gasteiger partial charge in [-0.1, -0.05) is 11.6 Å². The molecule has 0 radical (unpaired) electrons. The second-order valence-electron chi connectivity index (χ2n) is 4.01. The molecule has 21 heavy (non-hydrogen) atoms. The monoisotopic (exact) mass is 308 g/mol. The van der Waals surface area contributed by atoms with Crippen LogP contribution in [0.1, 0.15) is 20.7 Å². The van der Waals surface area contributed by atoms with E-state index in [4.69, 9.17) is 11.6 Å². The number of benzene rings is 1. The zero-order valence-electron chi connectivity index (χ0n) is 10.9. The SMILES string of the molecule is COC(=O)c1cc(Cl)ccc1NC(=O)c1ccc(F)nc1. The van der Waals surface area contributed by atoms with E-state index in [1.807, 2.05) is 0 Å². The van der Waals surface area contributed by atoms with E-state index in [0.29, 0.717) is 5.02 Å². The Morgan fingerprint density at radius 3 is 2.67 bits per heavy atom. The first-order chi connectivity index (χ1) is 10.0. The molecule has 0 aliphatic rings. The molecule has 0 bridgehead atoms. The highest BCUT2D eigenvalue weighted by atomic mass is 35.5. The van der Waals surface area contributed by atoms with Crippen molar-refractivity contribution in [2.75, 3.05) is 12.4 Å². The molecule has 0 unspecified atom stereocenters. The number of hydrogen-bond acceptors (Lipinski definition) is 4. The van der Waals surface area contributed by atoms with Gasteiger partial charge in [-0.3, -0.25) is 4.79 Å². The number of nitrogens with zero attached hydrogens (tertiary/aromatic N) is 1. The van der Waals surface area contributed by atoms with Crippen molar-refractivity contribution in [3.05, 3.63) is 58.6 Å². The standard InChI is InChI=1S/C14H10ClFN2O3/c1-21-14(20)10-6-9(15)3-4-11(10)18-13(19)8-2-5-12(16)17-7-8/h2-7H,1H3,(H,18,19). The number of methoxy groups -OCH3 is 1. The summed E-state index contributed by atoms with van der Waals surface area (Å²) in [5, 5.41) is 2.86. The van der Waals surface area contributed by atoms with Crippen LogP contribution in [0.3, 0.4) is 0 Å². The molecule has 1 aromatic heterocycles. The van der Waals surface area contributed by atoms with Crippen LogP contribution in [0.2, 0.25) is 5.02 Å². The van der Waals surface area contributed by atoms with E-state index in [1.54, 1.807) is 0 Å². The fourth-order valence-corrected chi connectivity index (χ4v) is 1.78. The lowest BCUT2D eigenvalue weighted by atomic mass is 10.1. The van der Waals surface area contributed by atoms with Gasteiger partial charge in [-0.25, -0.2) is 9.78 Å². The van der Waals surface area contributed by atoms with Gasteiger partial charge >= 0.3 is 5.97 Å². The summed E-state index contributed by atoms with van der Waals surface area (Å²) in [6.07, 6.45) is 1.10. The average Bonchev–Trinajstić information content (AvgIpc) is 2.48.